The van der Waals surface area contributed by atoms with Crippen LogP contribution in [0.5, 0.6) is 5.75 Å². The highest BCUT2D eigenvalue weighted by Gasteiger charge is 2.31. The fourth-order valence-corrected chi connectivity index (χ4v) is 2.90. The molecule has 0 saturated heterocycles. The van der Waals surface area contributed by atoms with Crippen LogP contribution in [0, 0.1) is 0 Å². The van der Waals surface area contributed by atoms with E-state index in [2.05, 4.69) is 15.0 Å². The van der Waals surface area contributed by atoms with Gasteiger partial charge in [-0.3, -0.25) is 4.79 Å². The molecule has 31 heavy (non-hydrogen) atoms. The maximum atomic E-state index is 12.9. The molecule has 1 amide bonds. The lowest BCUT2D eigenvalue weighted by Crippen LogP contribution is -2.21. The van der Waals surface area contributed by atoms with Crippen molar-refractivity contribution in [3.05, 3.63) is 96.0 Å². The van der Waals surface area contributed by atoms with Crippen molar-refractivity contribution in [2.75, 3.05) is 5.32 Å². The molecule has 4 rings (SSSR count). The summed E-state index contributed by atoms with van der Waals surface area (Å²) < 4.78 is 47.3. The maximum absolute atomic E-state index is 12.9. The molecule has 8 heteroatoms. The first-order valence-electron chi connectivity index (χ1n) is 9.17. The van der Waals surface area contributed by atoms with Crippen LogP contribution in [0.2, 0.25) is 0 Å². The Kier molecular flexibility index (Phi) is 5.44. The molecular formula is C23H15F3N2O3. The molecule has 0 spiro atoms. The maximum Gasteiger partial charge on any atom is 0.573 e. The molecule has 1 N–H and O–H groups in total. The molecule has 0 aliphatic heterocycles. The zero-order chi connectivity index (χ0) is 21.8. The number of carbonyl (C=O) groups excluding carboxylic acids is 1. The summed E-state index contributed by atoms with van der Waals surface area (Å²) in [6, 6.07) is 22.6. The second kappa shape index (κ2) is 8.35. The topological polar surface area (TPSA) is 63.8 Å². The molecule has 0 aliphatic rings. The zero-order valence-electron chi connectivity index (χ0n) is 15.9. The molecule has 0 fully saturated rings. The third-order valence-electron chi connectivity index (χ3n) is 4.21. The van der Waals surface area contributed by atoms with E-state index in [1.807, 2.05) is 6.07 Å². The van der Waals surface area contributed by atoms with Crippen molar-refractivity contribution >= 4 is 28.3 Å². The normalized spacial score (nSPS) is 12.0. The first-order chi connectivity index (χ1) is 14.9. The summed E-state index contributed by atoms with van der Waals surface area (Å²) in [5.74, 6) is -0.896. The second-order valence-corrected chi connectivity index (χ2v) is 6.48. The van der Waals surface area contributed by atoms with Crippen LogP contribution in [0.3, 0.4) is 0 Å². The van der Waals surface area contributed by atoms with Crippen LogP contribution in [0.1, 0.15) is 10.4 Å². The van der Waals surface area contributed by atoms with Crippen molar-refractivity contribution in [1.29, 1.82) is 0 Å². The van der Waals surface area contributed by atoms with E-state index in [1.165, 1.54) is 12.1 Å². The van der Waals surface area contributed by atoms with Gasteiger partial charge in [0.25, 0.3) is 5.91 Å². The number of amides is 1. The van der Waals surface area contributed by atoms with Crippen molar-refractivity contribution < 1.29 is 27.1 Å². The van der Waals surface area contributed by atoms with E-state index < -0.39 is 18.0 Å². The number of anilines is 1. The van der Waals surface area contributed by atoms with Crippen molar-refractivity contribution in [3.63, 3.8) is 0 Å². The number of ether oxygens (including phenoxy) is 1. The first-order valence-corrected chi connectivity index (χ1v) is 9.17. The summed E-state index contributed by atoms with van der Waals surface area (Å²) in [6.07, 6.45) is -4.83. The summed E-state index contributed by atoms with van der Waals surface area (Å²) in [6.45, 7) is 0. The van der Waals surface area contributed by atoms with Gasteiger partial charge in [0.2, 0.25) is 5.55 Å². The number of carbonyl (C=O) groups is 1. The molecule has 0 atom stereocenters. The van der Waals surface area contributed by atoms with Gasteiger partial charge in [-0.05, 0) is 36.4 Å². The van der Waals surface area contributed by atoms with Crippen LogP contribution in [-0.4, -0.2) is 12.3 Å². The summed E-state index contributed by atoms with van der Waals surface area (Å²) >= 11 is 0. The number of para-hydroxylation sites is 2. The molecule has 0 radical (unpaired) electrons. The Labute approximate surface area is 174 Å². The molecule has 1 heterocycles. The summed E-state index contributed by atoms with van der Waals surface area (Å²) in [4.78, 5) is 17.2. The van der Waals surface area contributed by atoms with Crippen LogP contribution < -0.4 is 15.6 Å². The summed E-state index contributed by atoms with van der Waals surface area (Å²) in [7, 11) is 0. The number of nitrogens with zero attached hydrogens (tertiary/aromatic N) is 1. The van der Waals surface area contributed by atoms with Gasteiger partial charge in [-0.2, -0.15) is 0 Å². The van der Waals surface area contributed by atoms with Gasteiger partial charge in [0.05, 0.1) is 5.69 Å². The Morgan fingerprint density at radius 2 is 1.65 bits per heavy atom. The zero-order valence-corrected chi connectivity index (χ0v) is 15.9. The predicted molar refractivity (Wildman–Crippen MR) is 109 cm³/mol. The van der Waals surface area contributed by atoms with Gasteiger partial charge >= 0.3 is 6.36 Å². The van der Waals surface area contributed by atoms with Crippen molar-refractivity contribution in [3.8, 4) is 5.75 Å². The lowest BCUT2D eigenvalue weighted by atomic mass is 10.1. The fraction of sp³-hybridized carbons (Fsp3) is 0.0435. The summed E-state index contributed by atoms with van der Waals surface area (Å²) in [5.41, 5.74) is 1.27. The monoisotopic (exact) mass is 424 g/mol. The minimum atomic E-state index is -4.83. The van der Waals surface area contributed by atoms with E-state index in [-0.39, 0.29) is 16.8 Å². The minimum Gasteiger partial charge on any atom is -0.438 e. The largest absolute Gasteiger partial charge is 0.573 e. The Balaban J connectivity index is 1.80. The van der Waals surface area contributed by atoms with Crippen molar-refractivity contribution in [2.45, 2.75) is 6.36 Å². The number of hydrogen-bond donors (Lipinski definition) is 1. The minimum absolute atomic E-state index is 0.0451. The van der Waals surface area contributed by atoms with Crippen LogP contribution in [0.25, 0.3) is 11.0 Å². The molecule has 0 unspecified atom stereocenters. The van der Waals surface area contributed by atoms with Gasteiger partial charge in [-0.25, -0.2) is 4.99 Å². The molecule has 156 valence electrons. The highest BCUT2D eigenvalue weighted by molar-refractivity contribution is 6.05. The lowest BCUT2D eigenvalue weighted by Gasteiger charge is -2.09. The van der Waals surface area contributed by atoms with Gasteiger partial charge in [0.1, 0.15) is 16.9 Å². The van der Waals surface area contributed by atoms with Crippen LogP contribution in [-0.2, 0) is 0 Å². The van der Waals surface area contributed by atoms with E-state index in [0.717, 1.165) is 12.1 Å². The molecule has 1 aromatic heterocycles. The fourth-order valence-electron chi connectivity index (χ4n) is 2.90. The number of alkyl halides is 3. The first kappa shape index (κ1) is 20.2. The average Bonchev–Trinajstić information content (AvgIpc) is 2.73. The van der Waals surface area contributed by atoms with Gasteiger partial charge in [-0.1, -0.05) is 42.5 Å². The molecule has 0 saturated carbocycles. The van der Waals surface area contributed by atoms with E-state index in [1.54, 1.807) is 54.6 Å². The number of fused-ring (bicyclic) bond motifs is 1. The molecule has 3 aromatic carbocycles. The van der Waals surface area contributed by atoms with E-state index in [4.69, 9.17) is 4.42 Å². The molecular weight excluding hydrogens is 409 g/mol. The predicted octanol–water partition coefficient (Wildman–Crippen LogP) is 5.82. The average molecular weight is 424 g/mol. The van der Waals surface area contributed by atoms with E-state index in [9.17, 15) is 18.0 Å². The lowest BCUT2D eigenvalue weighted by molar-refractivity contribution is -0.274. The van der Waals surface area contributed by atoms with Crippen molar-refractivity contribution in [2.24, 2.45) is 4.99 Å². The Hall–Kier alpha value is -4.07. The third kappa shape index (κ3) is 5.11. The number of nitrogens with one attached hydrogen (secondary N) is 1. The molecule has 5 nitrogen and oxygen atoms in total. The molecule has 0 bridgehead atoms. The number of halogens is 3. The Morgan fingerprint density at radius 3 is 2.42 bits per heavy atom. The Bertz CT molecular complexity index is 1300. The van der Waals surface area contributed by atoms with Crippen molar-refractivity contribution in [1.82, 2.24) is 0 Å². The van der Waals surface area contributed by atoms with E-state index >= 15 is 0 Å². The van der Waals surface area contributed by atoms with Gasteiger partial charge < -0.3 is 14.5 Å². The number of benzene rings is 3. The third-order valence-corrected chi connectivity index (χ3v) is 4.21. The van der Waals surface area contributed by atoms with Gasteiger partial charge in [0, 0.05) is 17.1 Å². The molecule has 0 aliphatic carbocycles. The van der Waals surface area contributed by atoms with Crippen LogP contribution in [0.4, 0.5) is 24.5 Å². The molecule has 4 aromatic rings. The van der Waals surface area contributed by atoms with Gasteiger partial charge in [-0.15, -0.1) is 13.2 Å². The number of rotatable bonds is 4. The Morgan fingerprint density at radius 1 is 0.903 bits per heavy atom. The standard InChI is InChI=1S/C23H15F3N2O3/c24-23(25,26)31-18-11-6-10-17(14-18)28-22-19(13-15-7-4-5-12-20(15)30-22)21(29)27-16-8-2-1-3-9-16/h1-14H,(H,27,29). The SMILES string of the molecule is O=C(Nc1ccccc1)c1cc2ccccc2oc1=Nc1cccc(OC(F)(F)F)c1. The second-order valence-electron chi connectivity index (χ2n) is 6.48. The number of hydrogen-bond acceptors (Lipinski definition) is 4. The van der Waals surface area contributed by atoms with Crippen LogP contribution in [0.15, 0.2) is 94.3 Å². The highest BCUT2D eigenvalue weighted by atomic mass is 19.4. The highest BCUT2D eigenvalue weighted by Crippen LogP contribution is 2.26. The summed E-state index contributed by atoms with van der Waals surface area (Å²) in [5, 5.41) is 3.43. The quantitative estimate of drug-likeness (QED) is 0.449. The van der Waals surface area contributed by atoms with Crippen LogP contribution >= 0.6 is 0 Å². The van der Waals surface area contributed by atoms with Gasteiger partial charge in [0.15, 0.2) is 0 Å². The van der Waals surface area contributed by atoms with E-state index in [0.29, 0.717) is 16.7 Å². The smallest absolute Gasteiger partial charge is 0.438 e.